The van der Waals surface area contributed by atoms with Crippen molar-refractivity contribution >= 4 is 11.9 Å². The zero-order valence-electron chi connectivity index (χ0n) is 11.6. The van der Waals surface area contributed by atoms with Crippen molar-refractivity contribution < 1.29 is 19.4 Å². The molecule has 3 rings (SSSR count). The summed E-state index contributed by atoms with van der Waals surface area (Å²) in [7, 11) is 0. The number of carbonyl (C=O) groups excluding carboxylic acids is 1. The highest BCUT2D eigenvalue weighted by Gasteiger charge is 2.37. The molecule has 2 N–H and O–H groups in total. The van der Waals surface area contributed by atoms with Crippen molar-refractivity contribution in [2.75, 3.05) is 26.2 Å². The van der Waals surface area contributed by atoms with Crippen LogP contribution in [0.25, 0.3) is 0 Å². The maximum absolute atomic E-state index is 12.8. The van der Waals surface area contributed by atoms with E-state index in [4.69, 9.17) is 4.74 Å². The molecule has 6 nitrogen and oxygen atoms in total. The van der Waals surface area contributed by atoms with Crippen LogP contribution in [0.15, 0.2) is 24.3 Å². The lowest BCUT2D eigenvalue weighted by molar-refractivity contribution is -0.152. The van der Waals surface area contributed by atoms with Gasteiger partial charge in [-0.1, -0.05) is 18.2 Å². The molecule has 2 unspecified atom stereocenters. The first kappa shape index (κ1) is 13.9. The summed E-state index contributed by atoms with van der Waals surface area (Å²) in [5, 5.41) is 12.3. The number of amides is 1. The van der Waals surface area contributed by atoms with Gasteiger partial charge in [0.15, 0.2) is 0 Å². The summed E-state index contributed by atoms with van der Waals surface area (Å²) in [4.78, 5) is 25.6. The number of carbonyl (C=O) groups is 2. The van der Waals surface area contributed by atoms with Crippen molar-refractivity contribution in [3.05, 3.63) is 29.8 Å². The van der Waals surface area contributed by atoms with Crippen LogP contribution in [-0.2, 0) is 9.59 Å². The number of ether oxygens (including phenoxy) is 1. The molecule has 6 heteroatoms. The molecule has 2 heterocycles. The molecule has 1 aromatic carbocycles. The fourth-order valence-corrected chi connectivity index (χ4v) is 2.99. The Morgan fingerprint density at radius 3 is 2.95 bits per heavy atom. The summed E-state index contributed by atoms with van der Waals surface area (Å²) in [5.41, 5.74) is 0.858. The van der Waals surface area contributed by atoms with Gasteiger partial charge in [0.05, 0.1) is 12.5 Å². The van der Waals surface area contributed by atoms with Gasteiger partial charge in [-0.25, -0.2) is 4.79 Å². The third kappa shape index (κ3) is 2.58. The summed E-state index contributed by atoms with van der Waals surface area (Å²) in [5.74, 6) is -0.658. The van der Waals surface area contributed by atoms with Gasteiger partial charge in [0.1, 0.15) is 11.8 Å². The minimum absolute atomic E-state index is 0.111. The van der Waals surface area contributed by atoms with Crippen molar-refractivity contribution in [1.29, 1.82) is 0 Å². The largest absolute Gasteiger partial charge is 0.493 e. The van der Waals surface area contributed by atoms with Crippen molar-refractivity contribution in [2.24, 2.45) is 0 Å². The maximum Gasteiger partial charge on any atom is 0.327 e. The zero-order valence-corrected chi connectivity index (χ0v) is 11.6. The molecule has 0 bridgehead atoms. The second-order valence-corrected chi connectivity index (χ2v) is 5.32. The fourth-order valence-electron chi connectivity index (χ4n) is 2.99. The second kappa shape index (κ2) is 5.73. The van der Waals surface area contributed by atoms with Crippen LogP contribution in [0, 0.1) is 0 Å². The van der Waals surface area contributed by atoms with E-state index in [1.807, 2.05) is 24.3 Å². The zero-order chi connectivity index (χ0) is 14.8. The van der Waals surface area contributed by atoms with E-state index >= 15 is 0 Å². The molecule has 1 saturated heterocycles. The van der Waals surface area contributed by atoms with Crippen LogP contribution in [-0.4, -0.2) is 54.2 Å². The average molecular weight is 290 g/mol. The summed E-state index contributed by atoms with van der Waals surface area (Å²) in [6, 6.07) is 6.69. The van der Waals surface area contributed by atoms with E-state index in [2.05, 4.69) is 5.32 Å². The number of nitrogens with one attached hydrogen (secondary N) is 1. The summed E-state index contributed by atoms with van der Waals surface area (Å²) in [6.07, 6.45) is 0.589. The van der Waals surface area contributed by atoms with Gasteiger partial charge in [-0.05, 0) is 12.5 Å². The predicted octanol–water partition coefficient (Wildman–Crippen LogP) is 0.438. The Morgan fingerprint density at radius 1 is 1.33 bits per heavy atom. The van der Waals surface area contributed by atoms with Crippen LogP contribution < -0.4 is 10.1 Å². The molecule has 0 spiro atoms. The minimum Gasteiger partial charge on any atom is -0.493 e. The van der Waals surface area contributed by atoms with E-state index in [-0.39, 0.29) is 11.8 Å². The molecular weight excluding hydrogens is 272 g/mol. The van der Waals surface area contributed by atoms with Gasteiger partial charge >= 0.3 is 5.97 Å². The third-order valence-corrected chi connectivity index (χ3v) is 4.07. The molecule has 1 fully saturated rings. The number of nitrogens with zero attached hydrogens (tertiary/aromatic N) is 1. The van der Waals surface area contributed by atoms with E-state index in [0.29, 0.717) is 32.7 Å². The Kier molecular flexibility index (Phi) is 3.79. The van der Waals surface area contributed by atoms with Gasteiger partial charge < -0.3 is 20.1 Å². The third-order valence-electron chi connectivity index (χ3n) is 4.07. The van der Waals surface area contributed by atoms with Crippen LogP contribution in [0.3, 0.4) is 0 Å². The lowest BCUT2D eigenvalue weighted by atomic mass is 9.91. The lowest BCUT2D eigenvalue weighted by Gasteiger charge is -2.37. The Labute approximate surface area is 122 Å². The van der Waals surface area contributed by atoms with Crippen LogP contribution in [0.2, 0.25) is 0 Å². The number of aliphatic carboxylic acids is 1. The Bertz CT molecular complexity index is 560. The SMILES string of the molecule is O=C(O)C1CNCCN1C(=O)C1CCOc2ccccc21. The van der Waals surface area contributed by atoms with Crippen molar-refractivity contribution in [1.82, 2.24) is 10.2 Å². The number of piperazine rings is 1. The molecule has 2 aliphatic rings. The molecule has 0 aromatic heterocycles. The quantitative estimate of drug-likeness (QED) is 0.826. The van der Waals surface area contributed by atoms with E-state index in [9.17, 15) is 14.7 Å². The van der Waals surface area contributed by atoms with Crippen LogP contribution in [0.1, 0.15) is 17.9 Å². The Hall–Kier alpha value is -2.08. The molecule has 0 aliphatic carbocycles. The lowest BCUT2D eigenvalue weighted by Crippen LogP contribution is -2.58. The summed E-state index contributed by atoms with van der Waals surface area (Å²) >= 11 is 0. The molecule has 0 radical (unpaired) electrons. The molecule has 21 heavy (non-hydrogen) atoms. The first-order valence-electron chi connectivity index (χ1n) is 7.14. The highest BCUT2D eigenvalue weighted by molar-refractivity contribution is 5.89. The van der Waals surface area contributed by atoms with Gasteiger partial charge in [0, 0.05) is 25.2 Å². The second-order valence-electron chi connectivity index (χ2n) is 5.32. The van der Waals surface area contributed by atoms with Gasteiger partial charge in [0.2, 0.25) is 5.91 Å². The summed E-state index contributed by atoms with van der Waals surface area (Å²) < 4.78 is 5.57. The number of carboxylic acids is 1. The fraction of sp³-hybridized carbons (Fsp3) is 0.467. The van der Waals surface area contributed by atoms with Crippen molar-refractivity contribution in [3.8, 4) is 5.75 Å². The van der Waals surface area contributed by atoms with Gasteiger partial charge in [0.25, 0.3) is 0 Å². The van der Waals surface area contributed by atoms with E-state index in [1.165, 1.54) is 4.90 Å². The number of hydrogen-bond donors (Lipinski definition) is 2. The topological polar surface area (TPSA) is 78.9 Å². The average Bonchev–Trinajstić information content (AvgIpc) is 2.53. The number of rotatable bonds is 2. The van der Waals surface area contributed by atoms with Gasteiger partial charge in [-0.3, -0.25) is 4.79 Å². The van der Waals surface area contributed by atoms with E-state index in [0.717, 1.165) is 11.3 Å². The Balaban J connectivity index is 1.86. The number of para-hydroxylation sites is 1. The van der Waals surface area contributed by atoms with Crippen LogP contribution in [0.4, 0.5) is 0 Å². The molecule has 0 saturated carbocycles. The van der Waals surface area contributed by atoms with Crippen LogP contribution >= 0.6 is 0 Å². The first-order chi connectivity index (χ1) is 10.2. The van der Waals surface area contributed by atoms with Crippen molar-refractivity contribution in [3.63, 3.8) is 0 Å². The summed E-state index contributed by atoms with van der Waals surface area (Å²) in [6.45, 7) is 1.83. The molecule has 2 atom stereocenters. The predicted molar refractivity (Wildman–Crippen MR) is 75.3 cm³/mol. The first-order valence-corrected chi connectivity index (χ1v) is 7.14. The minimum atomic E-state index is -0.962. The Morgan fingerprint density at radius 2 is 2.14 bits per heavy atom. The monoisotopic (exact) mass is 290 g/mol. The van der Waals surface area contributed by atoms with Gasteiger partial charge in [-0.15, -0.1) is 0 Å². The van der Waals surface area contributed by atoms with E-state index < -0.39 is 12.0 Å². The number of benzene rings is 1. The standard InChI is InChI=1S/C15H18N2O4/c18-14(17-7-6-16-9-12(17)15(19)20)11-5-8-21-13-4-2-1-3-10(11)13/h1-4,11-12,16H,5-9H2,(H,19,20). The van der Waals surface area contributed by atoms with Crippen LogP contribution in [0.5, 0.6) is 5.75 Å². The van der Waals surface area contributed by atoms with E-state index in [1.54, 1.807) is 0 Å². The molecule has 1 amide bonds. The number of hydrogen-bond acceptors (Lipinski definition) is 4. The number of fused-ring (bicyclic) bond motifs is 1. The van der Waals surface area contributed by atoms with Crippen molar-refractivity contribution in [2.45, 2.75) is 18.4 Å². The maximum atomic E-state index is 12.8. The molecule has 1 aromatic rings. The highest BCUT2D eigenvalue weighted by atomic mass is 16.5. The normalized spacial score (nSPS) is 24.9. The molecular formula is C15H18N2O4. The smallest absolute Gasteiger partial charge is 0.327 e. The molecule has 112 valence electrons. The highest BCUT2D eigenvalue weighted by Crippen LogP contribution is 2.35. The molecule has 2 aliphatic heterocycles. The number of carboxylic acid groups (broad SMARTS) is 1. The van der Waals surface area contributed by atoms with Gasteiger partial charge in [-0.2, -0.15) is 0 Å².